The van der Waals surface area contributed by atoms with E-state index < -0.39 is 11.6 Å². The molecular formula is C28H32N6O3. The molecule has 0 aliphatic carbocycles. The van der Waals surface area contributed by atoms with Gasteiger partial charge in [-0.25, -0.2) is 4.68 Å². The molecule has 9 nitrogen and oxygen atoms in total. The summed E-state index contributed by atoms with van der Waals surface area (Å²) in [5.41, 5.74) is 2.47. The number of benzene rings is 2. The zero-order valence-corrected chi connectivity index (χ0v) is 21.6. The van der Waals surface area contributed by atoms with Gasteiger partial charge >= 0.3 is 0 Å². The third kappa shape index (κ3) is 6.11. The number of aromatic nitrogens is 4. The van der Waals surface area contributed by atoms with Crippen LogP contribution in [0.15, 0.2) is 73.1 Å². The summed E-state index contributed by atoms with van der Waals surface area (Å²) in [5.74, 6) is 0.164. The van der Waals surface area contributed by atoms with Crippen LogP contribution >= 0.6 is 0 Å². The summed E-state index contributed by atoms with van der Waals surface area (Å²) in [5, 5.41) is 11.5. The molecule has 0 unspecified atom stereocenters. The van der Waals surface area contributed by atoms with Crippen molar-refractivity contribution in [3.05, 3.63) is 84.2 Å². The third-order valence-corrected chi connectivity index (χ3v) is 6.44. The van der Waals surface area contributed by atoms with Crippen molar-refractivity contribution >= 4 is 22.8 Å². The zero-order chi connectivity index (χ0) is 26.4. The largest absolute Gasteiger partial charge is 0.497 e. The molecule has 0 spiro atoms. The molecule has 0 aliphatic rings. The van der Waals surface area contributed by atoms with Crippen molar-refractivity contribution in [2.45, 2.75) is 51.9 Å². The summed E-state index contributed by atoms with van der Waals surface area (Å²) >= 11 is 0. The Kier molecular flexibility index (Phi) is 7.81. The lowest BCUT2D eigenvalue weighted by atomic mass is 9.99. The molecule has 192 valence electrons. The molecule has 0 bridgehead atoms. The number of rotatable bonds is 10. The molecule has 2 aromatic heterocycles. The van der Waals surface area contributed by atoms with Crippen molar-refractivity contribution in [1.82, 2.24) is 30.2 Å². The van der Waals surface area contributed by atoms with Crippen molar-refractivity contribution in [2.75, 3.05) is 7.11 Å². The Labute approximate surface area is 216 Å². The molecule has 2 amide bonds. The Morgan fingerprint density at radius 3 is 2.51 bits per heavy atom. The Hall–Kier alpha value is -4.27. The summed E-state index contributed by atoms with van der Waals surface area (Å²) < 4.78 is 6.85. The minimum Gasteiger partial charge on any atom is -0.497 e. The number of carbonyl (C=O) groups is 2. The van der Waals surface area contributed by atoms with Gasteiger partial charge < -0.3 is 15.0 Å². The van der Waals surface area contributed by atoms with Crippen LogP contribution < -0.4 is 10.1 Å². The lowest BCUT2D eigenvalue weighted by molar-refractivity contribution is -0.143. The minimum atomic E-state index is -0.899. The number of methoxy groups -OCH3 is 1. The average molecular weight is 501 g/mol. The number of fused-ring (bicyclic) bond motifs is 1. The molecule has 37 heavy (non-hydrogen) atoms. The highest BCUT2D eigenvalue weighted by molar-refractivity contribution is 5.89. The van der Waals surface area contributed by atoms with Crippen molar-refractivity contribution in [3.63, 3.8) is 0 Å². The van der Waals surface area contributed by atoms with Gasteiger partial charge in [-0.15, -0.1) is 5.10 Å². The van der Waals surface area contributed by atoms with Gasteiger partial charge in [-0.2, -0.15) is 0 Å². The monoisotopic (exact) mass is 500 g/mol. The highest BCUT2D eigenvalue weighted by Crippen LogP contribution is 2.26. The lowest BCUT2D eigenvalue weighted by Gasteiger charge is -2.34. The van der Waals surface area contributed by atoms with Crippen LogP contribution in [0.4, 0.5) is 0 Å². The molecule has 0 fully saturated rings. The quantitative estimate of drug-likeness (QED) is 0.354. The van der Waals surface area contributed by atoms with E-state index in [1.54, 1.807) is 35.2 Å². The first-order valence-corrected chi connectivity index (χ1v) is 12.2. The van der Waals surface area contributed by atoms with Crippen molar-refractivity contribution in [2.24, 2.45) is 0 Å². The fourth-order valence-corrected chi connectivity index (χ4v) is 4.01. The van der Waals surface area contributed by atoms with Gasteiger partial charge in [0.25, 0.3) is 0 Å². The fourth-order valence-electron chi connectivity index (χ4n) is 4.01. The molecule has 0 radical (unpaired) electrons. The van der Waals surface area contributed by atoms with Gasteiger partial charge in [0.1, 0.15) is 23.9 Å². The summed E-state index contributed by atoms with van der Waals surface area (Å²) in [7, 11) is 1.60. The Morgan fingerprint density at radius 2 is 1.84 bits per heavy atom. The smallest absolute Gasteiger partial charge is 0.247 e. The fraction of sp³-hybridized carbons (Fsp3) is 0.321. The predicted molar refractivity (Wildman–Crippen MR) is 141 cm³/mol. The highest BCUT2D eigenvalue weighted by Gasteiger charge is 2.34. The molecule has 4 rings (SSSR count). The maximum atomic E-state index is 13.9. The summed E-state index contributed by atoms with van der Waals surface area (Å²) in [6.07, 6.45) is 4.00. The van der Waals surface area contributed by atoms with Crippen LogP contribution in [0, 0.1) is 0 Å². The Morgan fingerprint density at radius 1 is 1.08 bits per heavy atom. The highest BCUT2D eigenvalue weighted by atomic mass is 16.5. The second-order valence-electron chi connectivity index (χ2n) is 9.52. The summed E-state index contributed by atoms with van der Waals surface area (Å²) in [6.45, 7) is 6.06. The van der Waals surface area contributed by atoms with Gasteiger partial charge in [-0.05, 0) is 56.2 Å². The lowest BCUT2D eigenvalue weighted by Crippen LogP contribution is -2.50. The summed E-state index contributed by atoms with van der Waals surface area (Å²) in [6, 6.07) is 17.6. The second kappa shape index (κ2) is 11.2. The normalized spacial score (nSPS) is 12.2. The number of nitrogens with zero attached hydrogens (tertiary/aromatic N) is 5. The number of hydrogen-bond acceptors (Lipinski definition) is 6. The first-order valence-electron chi connectivity index (χ1n) is 12.2. The van der Waals surface area contributed by atoms with E-state index >= 15 is 0 Å². The molecule has 2 heterocycles. The van der Waals surface area contributed by atoms with Crippen LogP contribution in [0.3, 0.4) is 0 Å². The van der Waals surface area contributed by atoms with Gasteiger partial charge in [0, 0.05) is 30.0 Å². The van der Waals surface area contributed by atoms with Crippen LogP contribution in [0.1, 0.15) is 44.4 Å². The second-order valence-corrected chi connectivity index (χ2v) is 9.52. The van der Waals surface area contributed by atoms with Gasteiger partial charge in [0.15, 0.2) is 0 Å². The van der Waals surface area contributed by atoms with E-state index in [0.717, 1.165) is 17.5 Å². The summed E-state index contributed by atoms with van der Waals surface area (Å²) in [4.78, 5) is 33.5. The number of hydrogen-bond donors (Lipinski definition) is 1. The number of para-hydroxylation sites is 1. The maximum absolute atomic E-state index is 13.9. The molecule has 1 atom stereocenters. The van der Waals surface area contributed by atoms with E-state index in [9.17, 15) is 9.59 Å². The van der Waals surface area contributed by atoms with Crippen LogP contribution in [0.25, 0.3) is 11.0 Å². The van der Waals surface area contributed by atoms with E-state index in [2.05, 4.69) is 20.6 Å². The molecule has 2 aromatic carbocycles. The molecule has 0 aliphatic heterocycles. The van der Waals surface area contributed by atoms with Crippen molar-refractivity contribution in [3.8, 4) is 5.75 Å². The maximum Gasteiger partial charge on any atom is 0.247 e. The predicted octanol–water partition coefficient (Wildman–Crippen LogP) is 3.91. The average Bonchev–Trinajstić information content (AvgIpc) is 3.31. The number of carbonyl (C=O) groups excluding carboxylic acids is 2. The molecular weight excluding hydrogens is 468 g/mol. The first-order chi connectivity index (χ1) is 17.8. The molecule has 4 aromatic rings. The zero-order valence-electron chi connectivity index (χ0n) is 21.6. The standard InChI is InChI=1S/C28H32N6O3/c1-5-28(2,3)30-27(36)26(21-9-8-16-29-17-21)33(18-20-12-14-22(37-4)15-13-20)25(35)19-34-24-11-7-6-10-23(24)31-32-34/h6-17,26H,5,18-19H2,1-4H3,(H,30,36)/t26-/m0/s1. The minimum absolute atomic E-state index is 0.0715. The SMILES string of the molecule is CCC(C)(C)NC(=O)[C@H](c1cccnc1)N(Cc1ccc(OC)cc1)C(=O)Cn1nnc2ccccc21. The van der Waals surface area contributed by atoms with E-state index in [4.69, 9.17) is 4.74 Å². The van der Waals surface area contributed by atoms with Gasteiger partial charge in [-0.1, -0.05) is 42.5 Å². The van der Waals surface area contributed by atoms with Crippen LogP contribution in [0.2, 0.25) is 0 Å². The Balaban J connectivity index is 1.74. The first kappa shape index (κ1) is 25.8. The molecule has 9 heteroatoms. The van der Waals surface area contributed by atoms with E-state index in [-0.39, 0.29) is 24.9 Å². The molecule has 1 N–H and O–H groups in total. The van der Waals surface area contributed by atoms with E-state index in [1.165, 1.54) is 0 Å². The van der Waals surface area contributed by atoms with Crippen LogP contribution in [-0.2, 0) is 22.7 Å². The van der Waals surface area contributed by atoms with Gasteiger partial charge in [0.2, 0.25) is 11.8 Å². The number of amides is 2. The van der Waals surface area contributed by atoms with Gasteiger partial charge in [0.05, 0.1) is 12.6 Å². The molecule has 0 saturated heterocycles. The van der Waals surface area contributed by atoms with Crippen molar-refractivity contribution in [1.29, 1.82) is 0 Å². The number of ether oxygens (including phenoxy) is 1. The number of pyridine rings is 1. The Bertz CT molecular complexity index is 1350. The topological polar surface area (TPSA) is 102 Å². The van der Waals surface area contributed by atoms with Crippen LogP contribution in [-0.4, -0.2) is 49.3 Å². The number of nitrogens with one attached hydrogen (secondary N) is 1. The molecule has 0 saturated carbocycles. The van der Waals surface area contributed by atoms with E-state index in [0.29, 0.717) is 16.8 Å². The van der Waals surface area contributed by atoms with E-state index in [1.807, 2.05) is 75.4 Å². The van der Waals surface area contributed by atoms with Crippen molar-refractivity contribution < 1.29 is 14.3 Å². The van der Waals surface area contributed by atoms with Gasteiger partial charge in [-0.3, -0.25) is 14.6 Å². The third-order valence-electron chi connectivity index (χ3n) is 6.44. The van der Waals surface area contributed by atoms with Crippen LogP contribution in [0.5, 0.6) is 5.75 Å².